The molecule has 0 aromatic carbocycles. The fourth-order valence-corrected chi connectivity index (χ4v) is 6.79. The Morgan fingerprint density at radius 1 is 1.00 bits per heavy atom. The number of ketones is 1. The molecule has 0 heterocycles. The Morgan fingerprint density at radius 3 is 2.09 bits per heavy atom. The molecule has 5 heteroatoms. The van der Waals surface area contributed by atoms with Crippen molar-refractivity contribution in [2.75, 3.05) is 0 Å². The van der Waals surface area contributed by atoms with E-state index in [9.17, 15) is 4.79 Å². The summed E-state index contributed by atoms with van der Waals surface area (Å²) >= 11 is 0. The zero-order valence-electron chi connectivity index (χ0n) is 24.4. The van der Waals surface area contributed by atoms with Gasteiger partial charge in [-0.25, -0.2) is 0 Å². The fraction of sp³-hybridized carbons (Fsp3) is 0.828. The van der Waals surface area contributed by atoms with Gasteiger partial charge in [-0.3, -0.25) is 4.79 Å². The van der Waals surface area contributed by atoms with Crippen LogP contribution in [0.2, 0.25) is 36.3 Å². The summed E-state index contributed by atoms with van der Waals surface area (Å²) in [7, 11) is -3.88. The lowest BCUT2D eigenvalue weighted by Gasteiger charge is -2.40. The van der Waals surface area contributed by atoms with Crippen molar-refractivity contribution in [3.05, 3.63) is 24.8 Å². The molecule has 0 amide bonds. The number of hydrogen-bond acceptors (Lipinski definition) is 3. The van der Waals surface area contributed by atoms with Gasteiger partial charge in [0.05, 0.1) is 12.2 Å². The second kappa shape index (κ2) is 12.6. The molecule has 3 nitrogen and oxygen atoms in total. The van der Waals surface area contributed by atoms with Crippen LogP contribution in [-0.2, 0) is 13.6 Å². The maximum atomic E-state index is 13.0. The monoisotopic (exact) mass is 508 g/mol. The average molecular weight is 509 g/mol. The molecule has 0 aromatic heterocycles. The molecule has 0 N–H and O–H groups in total. The van der Waals surface area contributed by atoms with Gasteiger partial charge in [-0.15, -0.1) is 6.58 Å². The van der Waals surface area contributed by atoms with E-state index in [0.29, 0.717) is 12.2 Å². The molecule has 1 aliphatic rings. The summed E-state index contributed by atoms with van der Waals surface area (Å²) in [6.07, 6.45) is 13.8. The lowest BCUT2D eigenvalue weighted by Crippen LogP contribution is -2.45. The number of hydrogen-bond donors (Lipinski definition) is 0. The molecule has 3 unspecified atom stereocenters. The van der Waals surface area contributed by atoms with Gasteiger partial charge in [0.1, 0.15) is 5.78 Å². The van der Waals surface area contributed by atoms with Gasteiger partial charge in [0, 0.05) is 18.3 Å². The summed E-state index contributed by atoms with van der Waals surface area (Å²) in [6.45, 7) is 29.1. The van der Waals surface area contributed by atoms with Crippen molar-refractivity contribution in [1.29, 1.82) is 0 Å². The normalized spacial score (nSPS) is 23.6. The molecule has 0 radical (unpaired) electrons. The van der Waals surface area contributed by atoms with E-state index in [4.69, 9.17) is 8.85 Å². The molecule has 0 aromatic rings. The van der Waals surface area contributed by atoms with Gasteiger partial charge < -0.3 is 8.85 Å². The Kier molecular flexibility index (Phi) is 11.7. The van der Waals surface area contributed by atoms with E-state index in [1.54, 1.807) is 0 Å². The van der Waals surface area contributed by atoms with Crippen molar-refractivity contribution < 1.29 is 13.6 Å². The van der Waals surface area contributed by atoms with Crippen LogP contribution in [0.25, 0.3) is 0 Å². The fourth-order valence-electron chi connectivity index (χ4n) is 4.14. The first-order chi connectivity index (χ1) is 15.5. The minimum absolute atomic E-state index is 0.0304. The summed E-state index contributed by atoms with van der Waals surface area (Å²) in [4.78, 5) is 13.0. The summed E-state index contributed by atoms with van der Waals surface area (Å²) < 4.78 is 13.7. The van der Waals surface area contributed by atoms with E-state index in [2.05, 4.69) is 93.4 Å². The van der Waals surface area contributed by atoms with Gasteiger partial charge in [0.15, 0.2) is 16.6 Å². The molecule has 1 rings (SSSR count). The average Bonchev–Trinajstić information content (AvgIpc) is 2.95. The Morgan fingerprint density at radius 2 is 1.59 bits per heavy atom. The van der Waals surface area contributed by atoms with Crippen LogP contribution >= 0.6 is 0 Å². The second-order valence-corrected chi connectivity index (χ2v) is 23.0. The van der Waals surface area contributed by atoms with Gasteiger partial charge >= 0.3 is 0 Å². The number of carbonyl (C=O) groups is 1. The topological polar surface area (TPSA) is 35.5 Å². The van der Waals surface area contributed by atoms with Gasteiger partial charge in [0.2, 0.25) is 0 Å². The summed E-state index contributed by atoms with van der Waals surface area (Å²) in [6, 6.07) is 0. The van der Waals surface area contributed by atoms with Crippen molar-refractivity contribution in [2.45, 2.75) is 142 Å². The Bertz CT molecular complexity index is 682. The quantitative estimate of drug-likeness (QED) is 0.141. The summed E-state index contributed by atoms with van der Waals surface area (Å²) in [5.74, 6) is 0.390. The van der Waals surface area contributed by atoms with E-state index >= 15 is 0 Å². The molecular weight excluding hydrogens is 452 g/mol. The van der Waals surface area contributed by atoms with Gasteiger partial charge in [-0.05, 0) is 49.1 Å². The third-order valence-corrected chi connectivity index (χ3v) is 17.5. The molecule has 0 spiro atoms. The van der Waals surface area contributed by atoms with Crippen molar-refractivity contribution in [3.63, 3.8) is 0 Å². The highest BCUT2D eigenvalue weighted by atomic mass is 28.4. The van der Waals surface area contributed by atoms with E-state index < -0.39 is 16.6 Å². The molecular formula is C29H56O3Si2. The first kappa shape index (κ1) is 31.5. The molecule has 34 heavy (non-hydrogen) atoms. The van der Waals surface area contributed by atoms with Crippen LogP contribution in [0.15, 0.2) is 24.8 Å². The number of rotatable bonds is 13. The highest BCUT2D eigenvalue weighted by Gasteiger charge is 2.47. The highest BCUT2D eigenvalue weighted by molar-refractivity contribution is 6.74. The molecule has 0 saturated heterocycles. The highest BCUT2D eigenvalue weighted by Crippen LogP contribution is 2.43. The largest absolute Gasteiger partial charge is 0.413 e. The zero-order valence-corrected chi connectivity index (χ0v) is 26.4. The maximum absolute atomic E-state index is 13.0. The van der Waals surface area contributed by atoms with Crippen molar-refractivity contribution in [3.8, 4) is 0 Å². The Labute approximate surface area is 214 Å². The Hall–Kier alpha value is -0.496. The van der Waals surface area contributed by atoms with Crippen molar-refractivity contribution in [1.82, 2.24) is 0 Å². The van der Waals surface area contributed by atoms with Gasteiger partial charge in [0.25, 0.3) is 0 Å². The lowest BCUT2D eigenvalue weighted by molar-refractivity contribution is -0.121. The first-order valence-electron chi connectivity index (χ1n) is 13.6. The van der Waals surface area contributed by atoms with E-state index in [1.165, 1.54) is 25.7 Å². The predicted molar refractivity (Wildman–Crippen MR) is 153 cm³/mol. The third kappa shape index (κ3) is 8.86. The van der Waals surface area contributed by atoms with Crippen LogP contribution in [0, 0.1) is 11.8 Å². The van der Waals surface area contributed by atoms with Crippen LogP contribution in [0.3, 0.4) is 0 Å². The smallest absolute Gasteiger partial charge is 0.192 e. The molecule has 1 fully saturated rings. The Balaban J connectivity index is 3.19. The number of carbonyl (C=O) groups excluding carboxylic acids is 1. The van der Waals surface area contributed by atoms with Crippen LogP contribution in [0.5, 0.6) is 0 Å². The van der Waals surface area contributed by atoms with Crippen LogP contribution in [-0.4, -0.2) is 34.6 Å². The van der Waals surface area contributed by atoms with E-state index in [0.717, 1.165) is 12.8 Å². The number of Topliss-reactive ketones (excluding diaryl/α,β-unsaturated/α-hetero) is 1. The van der Waals surface area contributed by atoms with E-state index in [1.807, 2.05) is 6.08 Å². The molecule has 198 valence electrons. The minimum Gasteiger partial charge on any atom is -0.413 e. The first-order valence-corrected chi connectivity index (χ1v) is 19.5. The van der Waals surface area contributed by atoms with Crippen molar-refractivity contribution >= 4 is 22.4 Å². The molecule has 4 atom stereocenters. The summed E-state index contributed by atoms with van der Waals surface area (Å²) in [5, 5.41) is 0.291. The lowest BCUT2D eigenvalue weighted by atomic mass is 9.90. The molecule has 0 aliphatic heterocycles. The SMILES string of the molecule is C=CCC1C(=O)CC(O[Si](C)(C)C(C)(C)C)C1/C=C/[C@@H](CCCCCC)O[Si](C)(C)C(C)(C)C. The van der Waals surface area contributed by atoms with Crippen LogP contribution < -0.4 is 0 Å². The third-order valence-electron chi connectivity index (χ3n) is 8.53. The predicted octanol–water partition coefficient (Wildman–Crippen LogP) is 9.08. The number of unbranched alkanes of at least 4 members (excludes halogenated alkanes) is 3. The van der Waals surface area contributed by atoms with Crippen molar-refractivity contribution in [2.24, 2.45) is 11.8 Å². The molecule has 0 bridgehead atoms. The van der Waals surface area contributed by atoms with Gasteiger partial charge in [-0.1, -0.05) is 92.4 Å². The molecule has 1 saturated carbocycles. The van der Waals surface area contributed by atoms with Gasteiger partial charge in [-0.2, -0.15) is 0 Å². The standard InChI is InChI=1S/C29H56O3Si2/c1-13-15-16-17-19-23(31-33(9,10)28(3,4)5)20-21-25-24(18-14-2)26(30)22-27(25)32-34(11,12)29(6,7)8/h14,20-21,23-25,27H,2,13,15-19,22H2,1,3-12H3/b21-20+/t23-,24?,25?,27?/m1/s1. The summed E-state index contributed by atoms with van der Waals surface area (Å²) in [5.41, 5.74) is 0. The van der Waals surface area contributed by atoms with Crippen LogP contribution in [0.1, 0.15) is 93.4 Å². The second-order valence-electron chi connectivity index (χ2n) is 13.4. The number of allylic oxidation sites excluding steroid dienone is 1. The zero-order chi connectivity index (χ0) is 26.4. The van der Waals surface area contributed by atoms with E-state index in [-0.39, 0.29) is 34.1 Å². The maximum Gasteiger partial charge on any atom is 0.192 e. The molecule has 1 aliphatic carbocycles. The van der Waals surface area contributed by atoms with Crippen LogP contribution in [0.4, 0.5) is 0 Å². The minimum atomic E-state index is -1.98.